The van der Waals surface area contributed by atoms with Gasteiger partial charge in [-0.15, -0.1) is 0 Å². The summed E-state index contributed by atoms with van der Waals surface area (Å²) in [5.74, 6) is 1.41. The van der Waals surface area contributed by atoms with Gasteiger partial charge in [0.1, 0.15) is 0 Å². The van der Waals surface area contributed by atoms with Gasteiger partial charge in [-0.2, -0.15) is 0 Å². The molecule has 0 saturated heterocycles. The Morgan fingerprint density at radius 2 is 1.07 bits per heavy atom. The van der Waals surface area contributed by atoms with Crippen LogP contribution in [0.25, 0.3) is 0 Å². The number of benzene rings is 2. The monoisotopic (exact) mass is 620 g/mol. The van der Waals surface area contributed by atoms with Crippen LogP contribution < -0.4 is 9.47 Å². The van der Waals surface area contributed by atoms with E-state index in [4.69, 9.17) is 18.3 Å². The summed E-state index contributed by atoms with van der Waals surface area (Å²) in [6, 6.07) is 13.4. The Hall–Kier alpha value is -1.79. The Morgan fingerprint density at radius 3 is 1.51 bits per heavy atom. The van der Waals surface area contributed by atoms with E-state index in [9.17, 15) is 10.2 Å². The second-order valence-electron chi connectivity index (χ2n) is 14.1. The van der Waals surface area contributed by atoms with Gasteiger partial charge in [0.05, 0.1) is 27.5 Å². The molecular weight excluding hydrogens is 565 g/mol. The molecule has 2 aromatic rings. The zero-order chi connectivity index (χ0) is 31.3. The number of hydrogen-bond acceptors (Lipinski definition) is 6. The molecule has 0 heterocycles. The SMILES string of the molecule is COc1cc(CCC[Si](C)(C)OC(C)(C)[Si](C)(C)OC(C)(C)[Si](C)(C)CCCc2ccc(O)c(OC)c2)ccc1O. The molecule has 0 aromatic heterocycles. The highest BCUT2D eigenvalue weighted by molar-refractivity contribution is 6.82. The summed E-state index contributed by atoms with van der Waals surface area (Å²) < 4.78 is 24.7. The molecule has 2 N–H and O–H groups in total. The molecule has 0 aliphatic heterocycles. The molecule has 0 saturated carbocycles. The molecule has 0 radical (unpaired) electrons. The number of phenolic OH excluding ortho intramolecular Hbond substituents is 2. The van der Waals surface area contributed by atoms with E-state index in [-0.39, 0.29) is 21.9 Å². The highest BCUT2D eigenvalue weighted by Gasteiger charge is 2.51. The van der Waals surface area contributed by atoms with Gasteiger partial charge in [-0.3, -0.25) is 0 Å². The molecule has 0 atom stereocenters. The molecule has 0 fully saturated rings. The number of rotatable bonds is 16. The second kappa shape index (κ2) is 13.7. The summed E-state index contributed by atoms with van der Waals surface area (Å²) >= 11 is 0. The van der Waals surface area contributed by atoms with Crippen molar-refractivity contribution in [1.82, 2.24) is 0 Å². The molecule has 232 valence electrons. The first kappa shape index (κ1) is 35.4. The van der Waals surface area contributed by atoms with Crippen LogP contribution in [-0.4, -0.2) is 59.6 Å². The van der Waals surface area contributed by atoms with Crippen molar-refractivity contribution in [3.8, 4) is 23.0 Å². The lowest BCUT2D eigenvalue weighted by Crippen LogP contribution is -2.65. The number of aromatic hydroxyl groups is 2. The molecule has 0 unspecified atom stereocenters. The molecule has 0 aliphatic rings. The molecule has 41 heavy (non-hydrogen) atoms. The maximum atomic E-state index is 9.91. The van der Waals surface area contributed by atoms with E-state index >= 15 is 0 Å². The maximum absolute atomic E-state index is 9.91. The third kappa shape index (κ3) is 9.61. The largest absolute Gasteiger partial charge is 0.504 e. The summed E-state index contributed by atoms with van der Waals surface area (Å²) in [7, 11) is -2.85. The first-order valence-corrected chi connectivity index (χ1v) is 24.1. The number of ether oxygens (including phenoxy) is 2. The van der Waals surface area contributed by atoms with Crippen LogP contribution in [0.3, 0.4) is 0 Å². The molecule has 0 spiro atoms. The van der Waals surface area contributed by atoms with Crippen molar-refractivity contribution in [2.45, 2.75) is 115 Å². The fourth-order valence-corrected chi connectivity index (χ4v) is 14.7. The average Bonchev–Trinajstić information content (AvgIpc) is 2.84. The Morgan fingerprint density at radius 1 is 0.634 bits per heavy atom. The Balaban J connectivity index is 1.99. The minimum absolute atomic E-state index is 0.176. The maximum Gasteiger partial charge on any atom is 0.216 e. The summed E-state index contributed by atoms with van der Waals surface area (Å²) in [5.41, 5.74) is 2.35. The molecular formula is C32H56O6Si3. The highest BCUT2D eigenvalue weighted by Crippen LogP contribution is 2.39. The van der Waals surface area contributed by atoms with Gasteiger partial charge in [0, 0.05) is 5.22 Å². The number of hydrogen-bond donors (Lipinski definition) is 2. The molecule has 9 heteroatoms. The van der Waals surface area contributed by atoms with E-state index in [1.807, 2.05) is 24.3 Å². The minimum atomic E-state index is -2.27. The zero-order valence-corrected chi connectivity index (χ0v) is 30.7. The molecule has 6 nitrogen and oxygen atoms in total. The Bertz CT molecular complexity index is 1140. The molecule has 0 aliphatic carbocycles. The van der Waals surface area contributed by atoms with E-state index in [0.29, 0.717) is 11.5 Å². The van der Waals surface area contributed by atoms with Gasteiger partial charge in [-0.05, 0) is 115 Å². The average molecular weight is 621 g/mol. The van der Waals surface area contributed by atoms with Gasteiger partial charge in [-0.1, -0.05) is 37.7 Å². The van der Waals surface area contributed by atoms with Gasteiger partial charge in [0.2, 0.25) is 8.32 Å². The van der Waals surface area contributed by atoms with Gasteiger partial charge < -0.3 is 28.5 Å². The second-order valence-corrected chi connectivity index (χ2v) is 28.2. The smallest absolute Gasteiger partial charge is 0.216 e. The number of methoxy groups -OCH3 is 2. The lowest BCUT2D eigenvalue weighted by Gasteiger charge is -2.51. The first-order chi connectivity index (χ1) is 18.8. The van der Waals surface area contributed by atoms with Crippen molar-refractivity contribution in [3.05, 3.63) is 47.5 Å². The summed E-state index contributed by atoms with van der Waals surface area (Å²) in [6.07, 6.45) is 3.99. The van der Waals surface area contributed by atoms with Crippen molar-refractivity contribution in [2.75, 3.05) is 14.2 Å². The van der Waals surface area contributed by atoms with Gasteiger partial charge in [-0.25, -0.2) is 0 Å². The van der Waals surface area contributed by atoms with Crippen LogP contribution in [0, 0.1) is 0 Å². The van der Waals surface area contributed by atoms with E-state index in [1.165, 1.54) is 11.1 Å². The van der Waals surface area contributed by atoms with E-state index < -0.39 is 24.7 Å². The van der Waals surface area contributed by atoms with Crippen LogP contribution in [0.1, 0.15) is 51.7 Å². The fraction of sp³-hybridized carbons (Fsp3) is 0.625. The van der Waals surface area contributed by atoms with Crippen LogP contribution >= 0.6 is 0 Å². The Labute approximate surface area is 252 Å². The normalized spacial score (nSPS) is 13.4. The summed E-state index contributed by atoms with van der Waals surface area (Å²) in [6.45, 7) is 23.2. The van der Waals surface area contributed by atoms with E-state index in [1.54, 1.807) is 26.4 Å². The van der Waals surface area contributed by atoms with Crippen molar-refractivity contribution >= 4 is 24.7 Å². The molecule has 0 bridgehead atoms. The standard InChI is InChI=1S/C32H56O6Si3/c1-31(2,39(7,8)21-13-15-25-17-19-27(33)29(23-25)35-5)38-41(11,12)32(3,4)37-40(9,10)22-14-16-26-18-20-28(34)30(24-26)36-6/h17-20,23-24,33-34H,13-16,21-22H2,1-12H3. The predicted molar refractivity (Wildman–Crippen MR) is 178 cm³/mol. The topological polar surface area (TPSA) is 77.4 Å². The summed E-state index contributed by atoms with van der Waals surface area (Å²) in [5, 5.41) is 19.3. The van der Waals surface area contributed by atoms with Crippen molar-refractivity contribution < 1.29 is 28.5 Å². The van der Waals surface area contributed by atoms with Crippen LogP contribution in [-0.2, 0) is 21.7 Å². The first-order valence-electron chi connectivity index (χ1n) is 14.9. The Kier molecular flexibility index (Phi) is 11.8. The number of aryl methyl sites for hydroxylation is 2. The minimum Gasteiger partial charge on any atom is -0.504 e. The molecule has 0 amide bonds. The fourth-order valence-electron chi connectivity index (χ4n) is 5.27. The summed E-state index contributed by atoms with van der Waals surface area (Å²) in [4.78, 5) is 0. The predicted octanol–water partition coefficient (Wildman–Crippen LogP) is 8.47. The van der Waals surface area contributed by atoms with Crippen LogP contribution in [0.4, 0.5) is 0 Å². The third-order valence-electron chi connectivity index (χ3n) is 9.12. The van der Waals surface area contributed by atoms with Crippen LogP contribution in [0.5, 0.6) is 23.0 Å². The van der Waals surface area contributed by atoms with Crippen LogP contribution in [0.2, 0.25) is 51.4 Å². The van der Waals surface area contributed by atoms with Crippen LogP contribution in [0.15, 0.2) is 36.4 Å². The van der Waals surface area contributed by atoms with Crippen molar-refractivity contribution in [1.29, 1.82) is 0 Å². The van der Waals surface area contributed by atoms with E-state index in [0.717, 1.165) is 37.8 Å². The quantitative estimate of drug-likeness (QED) is 0.183. The third-order valence-corrected chi connectivity index (χ3v) is 21.1. The van der Waals surface area contributed by atoms with Gasteiger partial charge >= 0.3 is 0 Å². The van der Waals surface area contributed by atoms with Crippen molar-refractivity contribution in [2.24, 2.45) is 0 Å². The highest BCUT2D eigenvalue weighted by atomic mass is 28.4. The number of phenols is 2. The van der Waals surface area contributed by atoms with Crippen molar-refractivity contribution in [3.63, 3.8) is 0 Å². The van der Waals surface area contributed by atoms with Gasteiger partial charge in [0.25, 0.3) is 0 Å². The van der Waals surface area contributed by atoms with Gasteiger partial charge in [0.15, 0.2) is 31.3 Å². The molecule has 2 rings (SSSR count). The lowest BCUT2D eigenvalue weighted by molar-refractivity contribution is 0.0982. The molecule has 2 aromatic carbocycles. The zero-order valence-electron chi connectivity index (χ0n) is 27.7. The lowest BCUT2D eigenvalue weighted by atomic mass is 10.1. The van der Waals surface area contributed by atoms with E-state index in [2.05, 4.69) is 67.0 Å².